The fourth-order valence-corrected chi connectivity index (χ4v) is 2.73. The summed E-state index contributed by atoms with van der Waals surface area (Å²) in [5.41, 5.74) is 1.07. The minimum Gasteiger partial charge on any atom is -0.370 e. The Labute approximate surface area is 169 Å². The van der Waals surface area contributed by atoms with Crippen molar-refractivity contribution < 1.29 is 9.18 Å². The Balaban J connectivity index is 1.85. The molecule has 7 heteroatoms. The van der Waals surface area contributed by atoms with Crippen molar-refractivity contribution in [2.45, 2.75) is 6.42 Å². The van der Waals surface area contributed by atoms with Crippen LogP contribution in [-0.4, -0.2) is 48.0 Å². The van der Waals surface area contributed by atoms with E-state index < -0.39 is 11.7 Å². The number of amides is 1. The van der Waals surface area contributed by atoms with Crippen molar-refractivity contribution in [1.82, 2.24) is 14.9 Å². The molecule has 0 aliphatic carbocycles. The van der Waals surface area contributed by atoms with Gasteiger partial charge in [0.1, 0.15) is 17.3 Å². The lowest BCUT2D eigenvalue weighted by Crippen LogP contribution is -2.18. The molecule has 2 N–H and O–H groups in total. The molecule has 0 saturated heterocycles. The first-order chi connectivity index (χ1) is 14.0. The molecule has 0 saturated carbocycles. The molecule has 1 aromatic heterocycles. The summed E-state index contributed by atoms with van der Waals surface area (Å²) in [5, 5.41) is 5.82. The van der Waals surface area contributed by atoms with Crippen molar-refractivity contribution in [1.29, 1.82) is 0 Å². The number of aromatic nitrogens is 2. The fourth-order valence-electron chi connectivity index (χ4n) is 2.73. The topological polar surface area (TPSA) is 70.2 Å². The van der Waals surface area contributed by atoms with Gasteiger partial charge >= 0.3 is 0 Å². The second-order valence-corrected chi connectivity index (χ2v) is 6.85. The van der Waals surface area contributed by atoms with Crippen LogP contribution in [0.15, 0.2) is 60.7 Å². The number of carbonyl (C=O) groups excluding carboxylic acids is 1. The molecule has 0 unspecified atom stereocenters. The Morgan fingerprint density at radius 2 is 1.76 bits per heavy atom. The smallest absolute Gasteiger partial charge is 0.274 e. The van der Waals surface area contributed by atoms with Crippen LogP contribution < -0.4 is 10.6 Å². The largest absolute Gasteiger partial charge is 0.370 e. The van der Waals surface area contributed by atoms with E-state index in [0.29, 0.717) is 18.2 Å². The highest BCUT2D eigenvalue weighted by molar-refractivity contribution is 6.03. The second-order valence-electron chi connectivity index (χ2n) is 6.85. The molecule has 0 radical (unpaired) electrons. The number of benzene rings is 2. The molecule has 6 nitrogen and oxygen atoms in total. The number of rotatable bonds is 8. The first-order valence-corrected chi connectivity index (χ1v) is 9.42. The van der Waals surface area contributed by atoms with Crippen LogP contribution in [0.2, 0.25) is 0 Å². The number of hydrogen-bond donors (Lipinski definition) is 2. The molecular weight excluding hydrogens is 369 g/mol. The Bertz CT molecular complexity index is 962. The monoisotopic (exact) mass is 393 g/mol. The van der Waals surface area contributed by atoms with Gasteiger partial charge in [-0.25, -0.2) is 14.4 Å². The molecule has 0 bridgehead atoms. The SMILES string of the molecule is CN(C)CCCNc1cc(C(=O)Nc2ccccc2F)nc(-c2ccccc2)n1. The number of hydrogen-bond acceptors (Lipinski definition) is 5. The third kappa shape index (κ3) is 5.83. The lowest BCUT2D eigenvalue weighted by atomic mass is 10.2. The maximum Gasteiger partial charge on any atom is 0.274 e. The van der Waals surface area contributed by atoms with E-state index in [-0.39, 0.29) is 11.4 Å². The average Bonchev–Trinajstić information content (AvgIpc) is 2.73. The van der Waals surface area contributed by atoms with Gasteiger partial charge in [-0.1, -0.05) is 42.5 Å². The zero-order valence-corrected chi connectivity index (χ0v) is 16.5. The molecule has 0 aliphatic heterocycles. The van der Waals surface area contributed by atoms with Gasteiger partial charge < -0.3 is 15.5 Å². The number of nitrogens with zero attached hydrogens (tertiary/aromatic N) is 3. The van der Waals surface area contributed by atoms with Gasteiger partial charge in [0.05, 0.1) is 5.69 Å². The molecule has 29 heavy (non-hydrogen) atoms. The zero-order valence-electron chi connectivity index (χ0n) is 16.5. The van der Waals surface area contributed by atoms with Gasteiger partial charge in [-0.05, 0) is 39.2 Å². The first kappa shape index (κ1) is 20.4. The highest BCUT2D eigenvalue weighted by Crippen LogP contribution is 2.19. The lowest BCUT2D eigenvalue weighted by Gasteiger charge is -2.12. The van der Waals surface area contributed by atoms with Crippen LogP contribution in [0.1, 0.15) is 16.9 Å². The summed E-state index contributed by atoms with van der Waals surface area (Å²) in [7, 11) is 4.03. The van der Waals surface area contributed by atoms with E-state index >= 15 is 0 Å². The molecule has 1 amide bonds. The molecule has 0 atom stereocenters. The summed E-state index contributed by atoms with van der Waals surface area (Å²) < 4.78 is 13.9. The van der Waals surface area contributed by atoms with Crippen LogP contribution in [0, 0.1) is 5.82 Å². The first-order valence-electron chi connectivity index (χ1n) is 9.42. The minimum atomic E-state index is -0.500. The average molecular weight is 393 g/mol. The predicted octanol–water partition coefficient (Wildman–Crippen LogP) is 3.90. The van der Waals surface area contributed by atoms with E-state index in [0.717, 1.165) is 18.5 Å². The van der Waals surface area contributed by atoms with Crippen LogP contribution in [0.5, 0.6) is 0 Å². The van der Waals surface area contributed by atoms with Crippen LogP contribution in [-0.2, 0) is 0 Å². The van der Waals surface area contributed by atoms with E-state index in [1.165, 1.54) is 12.1 Å². The number of nitrogens with one attached hydrogen (secondary N) is 2. The minimum absolute atomic E-state index is 0.109. The summed E-state index contributed by atoms with van der Waals surface area (Å²) in [4.78, 5) is 23.7. The number of anilines is 2. The maximum atomic E-state index is 13.9. The highest BCUT2D eigenvalue weighted by atomic mass is 19.1. The van der Waals surface area contributed by atoms with Gasteiger partial charge in [0, 0.05) is 18.2 Å². The molecular formula is C22H24FN5O. The Kier molecular flexibility index (Phi) is 6.86. The summed E-state index contributed by atoms with van der Waals surface area (Å²) in [6, 6.07) is 17.0. The van der Waals surface area contributed by atoms with Gasteiger partial charge in [-0.15, -0.1) is 0 Å². The van der Waals surface area contributed by atoms with E-state index in [1.807, 2.05) is 44.4 Å². The van der Waals surface area contributed by atoms with E-state index in [4.69, 9.17) is 0 Å². The Hall–Kier alpha value is -3.32. The number of halogens is 1. The van der Waals surface area contributed by atoms with Gasteiger partial charge in [0.2, 0.25) is 0 Å². The van der Waals surface area contributed by atoms with Crippen LogP contribution in [0.3, 0.4) is 0 Å². The van der Waals surface area contributed by atoms with Gasteiger partial charge in [0.25, 0.3) is 5.91 Å². The number of para-hydroxylation sites is 1. The molecule has 2 aromatic carbocycles. The molecule has 1 heterocycles. The lowest BCUT2D eigenvalue weighted by molar-refractivity contribution is 0.102. The third-order valence-corrected chi connectivity index (χ3v) is 4.20. The summed E-state index contributed by atoms with van der Waals surface area (Å²) >= 11 is 0. The summed E-state index contributed by atoms with van der Waals surface area (Å²) in [6.07, 6.45) is 0.925. The van der Waals surface area contributed by atoms with E-state index in [1.54, 1.807) is 18.2 Å². The third-order valence-electron chi connectivity index (χ3n) is 4.20. The van der Waals surface area contributed by atoms with Crippen molar-refractivity contribution >= 4 is 17.4 Å². The quantitative estimate of drug-likeness (QED) is 0.568. The van der Waals surface area contributed by atoms with Crippen molar-refractivity contribution in [3.8, 4) is 11.4 Å². The molecule has 3 aromatic rings. The molecule has 0 aliphatic rings. The van der Waals surface area contributed by atoms with Crippen LogP contribution in [0.25, 0.3) is 11.4 Å². The van der Waals surface area contributed by atoms with Gasteiger partial charge in [-0.3, -0.25) is 4.79 Å². The van der Waals surface area contributed by atoms with Crippen molar-refractivity contribution in [2.24, 2.45) is 0 Å². The molecule has 150 valence electrons. The maximum absolute atomic E-state index is 13.9. The fraction of sp³-hybridized carbons (Fsp3) is 0.227. The zero-order chi connectivity index (χ0) is 20.6. The van der Waals surface area contributed by atoms with Crippen molar-refractivity contribution in [3.05, 3.63) is 72.2 Å². The molecule has 0 spiro atoms. The van der Waals surface area contributed by atoms with Crippen LogP contribution in [0.4, 0.5) is 15.9 Å². The van der Waals surface area contributed by atoms with E-state index in [2.05, 4.69) is 25.5 Å². The summed E-state index contributed by atoms with van der Waals surface area (Å²) in [6.45, 7) is 1.64. The molecule has 3 rings (SSSR count). The Morgan fingerprint density at radius 3 is 2.48 bits per heavy atom. The highest BCUT2D eigenvalue weighted by Gasteiger charge is 2.15. The van der Waals surface area contributed by atoms with Gasteiger partial charge in [0.15, 0.2) is 5.82 Å². The Morgan fingerprint density at radius 1 is 1.03 bits per heavy atom. The number of carbonyl (C=O) groups is 1. The normalized spacial score (nSPS) is 10.8. The van der Waals surface area contributed by atoms with Crippen molar-refractivity contribution in [2.75, 3.05) is 37.8 Å². The van der Waals surface area contributed by atoms with Crippen LogP contribution >= 0.6 is 0 Å². The van der Waals surface area contributed by atoms with Crippen molar-refractivity contribution in [3.63, 3.8) is 0 Å². The molecule has 0 fully saturated rings. The standard InChI is InChI=1S/C22H24FN5O/c1-28(2)14-8-13-24-20-15-19(22(29)26-18-12-7-6-11-17(18)23)25-21(27-20)16-9-4-3-5-10-16/h3-7,9-12,15H,8,13-14H2,1-2H3,(H,26,29)(H,24,25,27). The summed E-state index contributed by atoms with van der Waals surface area (Å²) in [5.74, 6) is -0.00979. The second kappa shape index (κ2) is 9.75. The van der Waals surface area contributed by atoms with E-state index in [9.17, 15) is 9.18 Å². The predicted molar refractivity (Wildman–Crippen MR) is 113 cm³/mol. The van der Waals surface area contributed by atoms with Gasteiger partial charge in [-0.2, -0.15) is 0 Å².